The fourth-order valence-electron chi connectivity index (χ4n) is 2.89. The minimum atomic E-state index is -3.95. The van der Waals surface area contributed by atoms with Crippen LogP contribution in [0.4, 0.5) is 11.4 Å². The molecule has 132 valence electrons. The van der Waals surface area contributed by atoms with Crippen LogP contribution >= 0.6 is 15.9 Å². The van der Waals surface area contributed by atoms with Crippen molar-refractivity contribution in [3.8, 4) is 5.75 Å². The first-order valence-corrected chi connectivity index (χ1v) is 9.84. The van der Waals surface area contributed by atoms with Gasteiger partial charge in [0.05, 0.1) is 24.5 Å². The number of carbonyl (C=O) groups excluding carboxylic acids is 1. The maximum atomic E-state index is 13.4. The minimum absolute atomic E-state index is 0.0420. The van der Waals surface area contributed by atoms with E-state index < -0.39 is 16.1 Å². The molecule has 1 amide bonds. The van der Waals surface area contributed by atoms with Crippen molar-refractivity contribution in [2.45, 2.75) is 24.3 Å². The van der Waals surface area contributed by atoms with Gasteiger partial charge >= 0.3 is 0 Å². The predicted molar refractivity (Wildman–Crippen MR) is 99.5 cm³/mol. The molecule has 6 nitrogen and oxygen atoms in total. The van der Waals surface area contributed by atoms with Gasteiger partial charge in [0.2, 0.25) is 5.91 Å². The van der Waals surface area contributed by atoms with Crippen LogP contribution in [0, 0.1) is 0 Å². The molecule has 0 radical (unpaired) electrons. The van der Waals surface area contributed by atoms with Crippen LogP contribution in [-0.4, -0.2) is 27.5 Å². The van der Waals surface area contributed by atoms with Crippen molar-refractivity contribution in [1.29, 1.82) is 0 Å². The monoisotopic (exact) mass is 424 g/mol. The lowest BCUT2D eigenvalue weighted by Crippen LogP contribution is -2.39. The fraction of sp³-hybridized carbons (Fsp3) is 0.235. The smallest absolute Gasteiger partial charge is 0.268 e. The molecule has 0 saturated heterocycles. The van der Waals surface area contributed by atoms with Gasteiger partial charge in [-0.05, 0) is 37.3 Å². The molecular weight excluding hydrogens is 408 g/mol. The number of halogens is 1. The van der Waals surface area contributed by atoms with Gasteiger partial charge in [0, 0.05) is 10.9 Å². The van der Waals surface area contributed by atoms with Crippen molar-refractivity contribution in [3.63, 3.8) is 0 Å². The molecule has 25 heavy (non-hydrogen) atoms. The molecular formula is C17H17BrN2O4S. The average Bonchev–Trinajstić information content (AvgIpc) is 2.69. The number of sulfonamides is 1. The van der Waals surface area contributed by atoms with Crippen LogP contribution in [0.3, 0.4) is 0 Å². The molecule has 3 rings (SSSR count). The van der Waals surface area contributed by atoms with Gasteiger partial charge in [-0.2, -0.15) is 0 Å². The van der Waals surface area contributed by atoms with Gasteiger partial charge in [0.15, 0.2) is 0 Å². The highest BCUT2D eigenvalue weighted by atomic mass is 79.9. The van der Waals surface area contributed by atoms with Crippen molar-refractivity contribution in [3.05, 3.63) is 46.9 Å². The fourth-order valence-corrected chi connectivity index (χ4v) is 5.26. The number of nitrogens with one attached hydrogen (secondary N) is 1. The molecule has 0 aromatic heterocycles. The lowest BCUT2D eigenvalue weighted by atomic mass is 10.2. The van der Waals surface area contributed by atoms with Gasteiger partial charge in [-0.3, -0.25) is 9.10 Å². The van der Waals surface area contributed by atoms with Crippen LogP contribution < -0.4 is 14.4 Å². The highest BCUT2D eigenvalue weighted by molar-refractivity contribution is 9.10. The number of para-hydroxylation sites is 2. The summed E-state index contributed by atoms with van der Waals surface area (Å²) in [6.07, 6.45) is 0.0598. The van der Waals surface area contributed by atoms with Crippen LogP contribution in [0.15, 0.2) is 51.8 Å². The predicted octanol–water partition coefficient (Wildman–Crippen LogP) is 3.38. The Morgan fingerprint density at radius 2 is 1.96 bits per heavy atom. The van der Waals surface area contributed by atoms with Crippen LogP contribution in [0.5, 0.6) is 5.75 Å². The second-order valence-corrected chi connectivity index (χ2v) is 8.41. The van der Waals surface area contributed by atoms with E-state index in [1.165, 1.54) is 17.5 Å². The highest BCUT2D eigenvalue weighted by Crippen LogP contribution is 2.38. The number of rotatable bonds is 3. The number of methoxy groups -OCH3 is 1. The first-order valence-electron chi connectivity index (χ1n) is 7.61. The summed E-state index contributed by atoms with van der Waals surface area (Å²) in [5.74, 6) is 0.0234. The molecule has 0 spiro atoms. The third kappa shape index (κ3) is 3.23. The number of hydrogen-bond donors (Lipinski definition) is 1. The number of anilines is 2. The summed E-state index contributed by atoms with van der Waals surface area (Å²) < 4.78 is 34.0. The largest absolute Gasteiger partial charge is 0.495 e. The zero-order valence-corrected chi connectivity index (χ0v) is 16.1. The van der Waals surface area contributed by atoms with E-state index in [9.17, 15) is 13.2 Å². The Morgan fingerprint density at radius 1 is 1.24 bits per heavy atom. The molecule has 0 fully saturated rings. The summed E-state index contributed by atoms with van der Waals surface area (Å²) >= 11 is 3.31. The van der Waals surface area contributed by atoms with Gasteiger partial charge in [-0.25, -0.2) is 8.42 Å². The van der Waals surface area contributed by atoms with Gasteiger partial charge in [0.25, 0.3) is 10.0 Å². The molecule has 0 bridgehead atoms. The minimum Gasteiger partial charge on any atom is -0.495 e. The number of hydrogen-bond acceptors (Lipinski definition) is 4. The Kier molecular flexibility index (Phi) is 4.75. The molecule has 1 heterocycles. The summed E-state index contributed by atoms with van der Waals surface area (Å²) in [6, 6.07) is 11.1. The molecule has 2 aromatic carbocycles. The van der Waals surface area contributed by atoms with Gasteiger partial charge < -0.3 is 10.1 Å². The van der Waals surface area contributed by atoms with E-state index in [2.05, 4.69) is 21.2 Å². The Balaban J connectivity index is 2.23. The van der Waals surface area contributed by atoms with Crippen molar-refractivity contribution in [2.24, 2.45) is 0 Å². The van der Waals surface area contributed by atoms with Crippen LogP contribution in [0.2, 0.25) is 0 Å². The van der Waals surface area contributed by atoms with E-state index in [0.717, 1.165) is 0 Å². The number of amides is 1. The first kappa shape index (κ1) is 17.8. The van der Waals surface area contributed by atoms with E-state index in [1.807, 2.05) is 0 Å². The Hall–Kier alpha value is -2.06. The van der Waals surface area contributed by atoms with Gasteiger partial charge in [-0.1, -0.05) is 28.1 Å². The topological polar surface area (TPSA) is 75.7 Å². The average molecular weight is 425 g/mol. The zero-order chi connectivity index (χ0) is 18.2. The molecule has 1 atom stereocenters. The molecule has 8 heteroatoms. The Morgan fingerprint density at radius 3 is 2.68 bits per heavy atom. The van der Waals surface area contributed by atoms with E-state index in [1.54, 1.807) is 43.3 Å². The summed E-state index contributed by atoms with van der Waals surface area (Å²) in [5, 5.41) is 2.76. The van der Waals surface area contributed by atoms with Gasteiger partial charge in [-0.15, -0.1) is 0 Å². The van der Waals surface area contributed by atoms with E-state index in [4.69, 9.17) is 4.74 Å². The number of fused-ring (bicyclic) bond motifs is 1. The maximum absolute atomic E-state index is 13.4. The number of carbonyl (C=O) groups is 1. The molecule has 0 saturated carbocycles. The van der Waals surface area contributed by atoms with Gasteiger partial charge in [0.1, 0.15) is 10.6 Å². The first-order chi connectivity index (χ1) is 11.8. The van der Waals surface area contributed by atoms with E-state index in [0.29, 0.717) is 15.8 Å². The van der Waals surface area contributed by atoms with Crippen LogP contribution in [-0.2, 0) is 14.8 Å². The number of nitrogens with zero attached hydrogens (tertiary/aromatic N) is 1. The lowest BCUT2D eigenvalue weighted by molar-refractivity contribution is -0.116. The van der Waals surface area contributed by atoms with Crippen LogP contribution in [0.25, 0.3) is 0 Å². The molecule has 0 unspecified atom stereocenters. The van der Waals surface area contributed by atoms with Crippen LogP contribution in [0.1, 0.15) is 13.3 Å². The number of benzene rings is 2. The molecule has 2 aromatic rings. The second-order valence-electron chi connectivity index (χ2n) is 5.71. The van der Waals surface area contributed by atoms with Crippen molar-refractivity contribution >= 4 is 43.2 Å². The van der Waals surface area contributed by atoms with E-state index >= 15 is 0 Å². The van der Waals surface area contributed by atoms with Crippen molar-refractivity contribution in [1.82, 2.24) is 0 Å². The van der Waals surface area contributed by atoms with Crippen molar-refractivity contribution in [2.75, 3.05) is 16.7 Å². The lowest BCUT2D eigenvalue weighted by Gasteiger charge is -2.29. The maximum Gasteiger partial charge on any atom is 0.268 e. The van der Waals surface area contributed by atoms with Crippen molar-refractivity contribution < 1.29 is 17.9 Å². The summed E-state index contributed by atoms with van der Waals surface area (Å²) in [4.78, 5) is 12.1. The quantitative estimate of drug-likeness (QED) is 0.818. The zero-order valence-electron chi connectivity index (χ0n) is 13.7. The van der Waals surface area contributed by atoms with E-state index in [-0.39, 0.29) is 23.0 Å². The summed E-state index contributed by atoms with van der Waals surface area (Å²) in [6.45, 7) is 1.71. The second kappa shape index (κ2) is 6.68. The molecule has 1 aliphatic rings. The Labute approximate surface area is 155 Å². The normalized spacial score (nSPS) is 17.5. The third-order valence-electron chi connectivity index (χ3n) is 3.96. The Bertz CT molecular complexity index is 930. The SMILES string of the molecule is COc1ccc(Br)cc1S(=O)(=O)N1c2ccccc2NC(=O)C[C@@H]1C. The highest BCUT2D eigenvalue weighted by Gasteiger charge is 2.36. The molecule has 1 N–H and O–H groups in total. The number of ether oxygens (including phenoxy) is 1. The molecule has 0 aliphatic carbocycles. The molecule has 1 aliphatic heterocycles. The summed E-state index contributed by atoms with van der Waals surface area (Å²) in [7, 11) is -2.53. The standard InChI is InChI=1S/C17H17BrN2O4S/c1-11-9-17(21)19-13-5-3-4-6-14(13)20(11)25(22,23)16-10-12(18)7-8-15(16)24-2/h3-8,10-11H,9H2,1-2H3,(H,19,21)/t11-/m0/s1. The third-order valence-corrected chi connectivity index (χ3v) is 6.40. The summed E-state index contributed by atoms with van der Waals surface area (Å²) in [5.41, 5.74) is 0.900.